The number of ether oxygens (including phenoxy) is 3. The van der Waals surface area contributed by atoms with Gasteiger partial charge in [-0.1, -0.05) is 23.5 Å². The van der Waals surface area contributed by atoms with Crippen LogP contribution in [0.2, 0.25) is 0 Å². The number of nitrogens with one attached hydrogen (secondary N) is 1. The highest BCUT2D eigenvalue weighted by Crippen LogP contribution is 2.32. The summed E-state index contributed by atoms with van der Waals surface area (Å²) in [6.07, 6.45) is 1.01. The standard InChI is InChI=1S/C22H23BrFN5O5S.C3H8O/c1-21(2,3)34-20(32)26-22(4,11-33-16-15(23)18(31)29(9-10-30)12-25-16)19-28-27-17(35-19)13-7-5-6-8-14(13)24;1-3-4-2/h5-8,10,12H,9,11H2,1-4H3,(H,26,32);3H2,1-2H3/t22-;/m0./s1. The smallest absolute Gasteiger partial charge is 0.408 e. The Morgan fingerprint density at radius 2 is 1.90 bits per heavy atom. The number of nitrogens with zero attached hydrogens (tertiary/aromatic N) is 4. The molecule has 0 bridgehead atoms. The van der Waals surface area contributed by atoms with Gasteiger partial charge in [-0.05, 0) is 62.7 Å². The molecule has 0 aliphatic carbocycles. The van der Waals surface area contributed by atoms with Crippen LogP contribution in [0.1, 0.15) is 39.6 Å². The quantitative estimate of drug-likeness (QED) is 0.344. The van der Waals surface area contributed by atoms with E-state index in [1.54, 1.807) is 53.0 Å². The fraction of sp³-hybridized carbons (Fsp3) is 0.440. The highest BCUT2D eigenvalue weighted by atomic mass is 79.9. The minimum atomic E-state index is -1.29. The maximum Gasteiger partial charge on any atom is 0.408 e. The zero-order chi connectivity index (χ0) is 29.2. The molecule has 0 fully saturated rings. The molecule has 1 atom stereocenters. The molecule has 0 unspecified atom stereocenters. The molecule has 0 aliphatic rings. The molecule has 11 nitrogen and oxygen atoms in total. The number of halogens is 2. The number of alkyl carbamates (subject to hydrolysis) is 1. The van der Waals surface area contributed by atoms with Crippen molar-refractivity contribution in [2.24, 2.45) is 0 Å². The molecule has 0 saturated heterocycles. The number of benzene rings is 1. The van der Waals surface area contributed by atoms with Gasteiger partial charge in [0.25, 0.3) is 5.56 Å². The molecule has 39 heavy (non-hydrogen) atoms. The highest BCUT2D eigenvalue weighted by molar-refractivity contribution is 9.10. The average molecular weight is 629 g/mol. The molecular formula is C25H31BrFN5O6S. The summed E-state index contributed by atoms with van der Waals surface area (Å²) < 4.78 is 31.1. The van der Waals surface area contributed by atoms with Crippen molar-refractivity contribution in [3.8, 4) is 16.5 Å². The first-order chi connectivity index (χ1) is 18.3. The van der Waals surface area contributed by atoms with E-state index in [0.717, 1.165) is 22.5 Å². The van der Waals surface area contributed by atoms with E-state index in [9.17, 15) is 18.8 Å². The van der Waals surface area contributed by atoms with E-state index in [4.69, 9.17) is 9.47 Å². The Bertz CT molecular complexity index is 1330. The van der Waals surface area contributed by atoms with Gasteiger partial charge in [0.05, 0.1) is 6.54 Å². The normalized spacial score (nSPS) is 12.5. The van der Waals surface area contributed by atoms with Crippen molar-refractivity contribution in [1.82, 2.24) is 25.1 Å². The van der Waals surface area contributed by atoms with E-state index >= 15 is 0 Å². The van der Waals surface area contributed by atoms with Crippen LogP contribution in [0.3, 0.4) is 0 Å². The molecule has 3 aromatic rings. The summed E-state index contributed by atoms with van der Waals surface area (Å²) >= 11 is 4.21. The number of methoxy groups -OCH3 is 1. The molecule has 3 rings (SSSR count). The van der Waals surface area contributed by atoms with E-state index in [2.05, 4.69) is 41.2 Å². The van der Waals surface area contributed by atoms with Gasteiger partial charge in [-0.3, -0.25) is 9.36 Å². The van der Waals surface area contributed by atoms with E-state index in [1.165, 1.54) is 12.4 Å². The zero-order valence-electron chi connectivity index (χ0n) is 22.5. The maximum absolute atomic E-state index is 14.3. The largest absolute Gasteiger partial charge is 0.474 e. The van der Waals surface area contributed by atoms with Crippen molar-refractivity contribution in [3.05, 3.63) is 56.2 Å². The van der Waals surface area contributed by atoms with Crippen molar-refractivity contribution in [2.75, 3.05) is 20.3 Å². The van der Waals surface area contributed by atoms with Crippen LogP contribution >= 0.6 is 27.3 Å². The molecule has 0 radical (unpaired) electrons. The lowest BCUT2D eigenvalue weighted by molar-refractivity contribution is -0.108. The van der Waals surface area contributed by atoms with Gasteiger partial charge >= 0.3 is 6.09 Å². The van der Waals surface area contributed by atoms with Crippen LogP contribution in [0.25, 0.3) is 10.6 Å². The van der Waals surface area contributed by atoms with Gasteiger partial charge in [0.15, 0.2) is 5.01 Å². The SMILES string of the molecule is CC(C)(C)OC(=O)N[C@@](C)(COc1ncn(CC=O)c(=O)c1Br)c1nnc(-c2ccccc2F)s1.CCOC. The minimum absolute atomic E-state index is 0.00535. The van der Waals surface area contributed by atoms with Crippen LogP contribution in [-0.2, 0) is 26.4 Å². The lowest BCUT2D eigenvalue weighted by Crippen LogP contribution is -2.49. The third kappa shape index (κ3) is 9.18. The Balaban J connectivity index is 0.00000124. The third-order valence-corrected chi connectivity index (χ3v) is 6.69. The predicted octanol–water partition coefficient (Wildman–Crippen LogP) is 4.33. The summed E-state index contributed by atoms with van der Waals surface area (Å²) in [7, 11) is 1.68. The third-order valence-electron chi connectivity index (χ3n) is 4.79. The molecule has 2 heterocycles. The van der Waals surface area contributed by atoms with Gasteiger partial charge in [0.2, 0.25) is 5.88 Å². The summed E-state index contributed by atoms with van der Waals surface area (Å²) in [5, 5.41) is 11.6. The van der Waals surface area contributed by atoms with Gasteiger partial charge in [0, 0.05) is 19.3 Å². The molecule has 0 aliphatic heterocycles. The number of carbonyl (C=O) groups is 2. The van der Waals surface area contributed by atoms with Gasteiger partial charge < -0.3 is 24.3 Å². The van der Waals surface area contributed by atoms with Crippen molar-refractivity contribution >= 4 is 39.6 Å². The summed E-state index contributed by atoms with van der Waals surface area (Å²) in [6, 6.07) is 6.13. The molecule has 1 amide bonds. The first kappa shape index (κ1) is 32.0. The molecule has 0 spiro atoms. The Kier molecular flexibility index (Phi) is 11.7. The monoisotopic (exact) mass is 627 g/mol. The molecule has 1 N–H and O–H groups in total. The Labute approximate surface area is 237 Å². The minimum Gasteiger partial charge on any atom is -0.474 e. The van der Waals surface area contributed by atoms with Gasteiger partial charge in [-0.25, -0.2) is 14.2 Å². The molecular weight excluding hydrogens is 597 g/mol. The summed E-state index contributed by atoms with van der Waals surface area (Å²) in [5.74, 6) is -0.509. The first-order valence-electron chi connectivity index (χ1n) is 11.8. The second kappa shape index (κ2) is 14.2. The lowest BCUT2D eigenvalue weighted by Gasteiger charge is -2.29. The number of carbonyl (C=O) groups excluding carboxylic acids is 2. The Morgan fingerprint density at radius 3 is 2.49 bits per heavy atom. The van der Waals surface area contributed by atoms with Crippen LogP contribution in [0, 0.1) is 5.82 Å². The van der Waals surface area contributed by atoms with Crippen LogP contribution in [-0.4, -0.2) is 58.1 Å². The molecule has 212 valence electrons. The van der Waals surface area contributed by atoms with Crippen molar-refractivity contribution in [1.29, 1.82) is 0 Å². The Morgan fingerprint density at radius 1 is 1.23 bits per heavy atom. The predicted molar refractivity (Wildman–Crippen MR) is 147 cm³/mol. The topological polar surface area (TPSA) is 135 Å². The van der Waals surface area contributed by atoms with E-state index in [1.807, 2.05) is 6.92 Å². The van der Waals surface area contributed by atoms with Crippen molar-refractivity contribution < 1.29 is 28.2 Å². The number of rotatable bonds is 9. The number of hydrogen-bond acceptors (Lipinski definition) is 10. The fourth-order valence-electron chi connectivity index (χ4n) is 2.84. The second-order valence-corrected chi connectivity index (χ2v) is 11.0. The summed E-state index contributed by atoms with van der Waals surface area (Å²) in [4.78, 5) is 39.8. The highest BCUT2D eigenvalue weighted by Gasteiger charge is 2.36. The molecule has 2 aromatic heterocycles. The average Bonchev–Trinajstić information content (AvgIpc) is 3.37. The van der Waals surface area contributed by atoms with E-state index in [-0.39, 0.29) is 29.1 Å². The molecule has 1 aromatic carbocycles. The first-order valence-corrected chi connectivity index (χ1v) is 13.4. The Hall–Kier alpha value is -3.23. The summed E-state index contributed by atoms with van der Waals surface area (Å²) in [6.45, 7) is 9.18. The van der Waals surface area contributed by atoms with Crippen LogP contribution in [0.5, 0.6) is 5.88 Å². The van der Waals surface area contributed by atoms with Gasteiger partial charge in [-0.2, -0.15) is 0 Å². The van der Waals surface area contributed by atoms with Crippen LogP contribution in [0.4, 0.5) is 9.18 Å². The maximum atomic E-state index is 14.3. The zero-order valence-corrected chi connectivity index (χ0v) is 24.9. The van der Waals surface area contributed by atoms with E-state index in [0.29, 0.717) is 16.3 Å². The molecule has 0 saturated carbocycles. The summed E-state index contributed by atoms with van der Waals surface area (Å²) in [5.41, 5.74) is -2.30. The second-order valence-electron chi connectivity index (χ2n) is 9.21. The molecule has 14 heteroatoms. The van der Waals surface area contributed by atoms with E-state index < -0.39 is 28.6 Å². The number of aromatic nitrogens is 4. The fourth-order valence-corrected chi connectivity index (χ4v) is 4.24. The van der Waals surface area contributed by atoms with Crippen molar-refractivity contribution in [3.63, 3.8) is 0 Å². The number of amides is 1. The number of aldehydes is 1. The van der Waals surface area contributed by atoms with Gasteiger partial charge in [0.1, 0.15) is 45.7 Å². The van der Waals surface area contributed by atoms with Crippen molar-refractivity contribution in [2.45, 2.75) is 52.3 Å². The number of hydrogen-bond donors (Lipinski definition) is 1. The van der Waals surface area contributed by atoms with Crippen LogP contribution in [0.15, 0.2) is 39.9 Å². The lowest BCUT2D eigenvalue weighted by atomic mass is 10.1. The van der Waals surface area contributed by atoms with Gasteiger partial charge in [-0.15, -0.1) is 10.2 Å². The van der Waals surface area contributed by atoms with Crippen LogP contribution < -0.4 is 15.6 Å².